The number of benzene rings is 1. The molecule has 6 heteroatoms. The second-order valence-electron chi connectivity index (χ2n) is 4.37. The third kappa shape index (κ3) is 1.66. The molecule has 0 saturated heterocycles. The van der Waals surface area contributed by atoms with Gasteiger partial charge in [0.1, 0.15) is 11.1 Å². The van der Waals surface area contributed by atoms with Gasteiger partial charge in [0, 0.05) is 12.2 Å². The topological polar surface area (TPSA) is 81.7 Å². The molecule has 0 radical (unpaired) electrons. The molecule has 0 unspecified atom stereocenters. The van der Waals surface area contributed by atoms with Crippen LogP contribution in [-0.4, -0.2) is 19.9 Å². The average Bonchev–Trinajstić information content (AvgIpc) is 3.00. The van der Waals surface area contributed by atoms with E-state index in [-0.39, 0.29) is 0 Å². The Morgan fingerprint density at radius 2 is 1.72 bits per heavy atom. The lowest BCUT2D eigenvalue weighted by Crippen LogP contribution is -2.11. The summed E-state index contributed by atoms with van der Waals surface area (Å²) in [5, 5.41) is 17.1. The molecule has 0 amide bonds. The van der Waals surface area contributed by atoms with Crippen molar-refractivity contribution in [2.24, 2.45) is 5.41 Å². The predicted octanol–water partition coefficient (Wildman–Crippen LogP) is 1.37. The molecule has 4 nitrogen and oxygen atoms in total. The molecule has 2 atom stereocenters. The molecule has 1 aromatic rings. The summed E-state index contributed by atoms with van der Waals surface area (Å²) < 4.78 is 36.0. The second-order valence-corrected chi connectivity index (χ2v) is 6.54. The van der Waals surface area contributed by atoms with Crippen molar-refractivity contribution in [2.75, 3.05) is 6.26 Å². The van der Waals surface area contributed by atoms with Crippen molar-refractivity contribution in [1.82, 2.24) is 0 Å². The van der Waals surface area contributed by atoms with Gasteiger partial charge in [-0.1, -0.05) is 12.1 Å². The van der Waals surface area contributed by atoms with E-state index in [0.29, 0.717) is 5.56 Å². The van der Waals surface area contributed by atoms with Crippen LogP contribution in [0.2, 0.25) is 0 Å². The number of halogens is 1. The summed E-state index contributed by atoms with van der Waals surface area (Å²) in [5.74, 6) is -1.15. The fourth-order valence-corrected chi connectivity index (χ4v) is 4.06. The first-order chi connectivity index (χ1) is 8.36. The largest absolute Gasteiger partial charge is 0.229 e. The molecule has 92 valence electrons. The molecule has 0 bridgehead atoms. The summed E-state index contributed by atoms with van der Waals surface area (Å²) in [6, 6.07) is 8.77. The van der Waals surface area contributed by atoms with E-state index in [2.05, 4.69) is 0 Å². The van der Waals surface area contributed by atoms with Crippen LogP contribution < -0.4 is 0 Å². The first-order valence-electron chi connectivity index (χ1n) is 5.13. The molecule has 0 aromatic heterocycles. The number of nitriles is 2. The van der Waals surface area contributed by atoms with Crippen LogP contribution in [0.4, 0.5) is 4.39 Å². The maximum Gasteiger partial charge on any atom is 0.169 e. The highest BCUT2D eigenvalue weighted by atomic mass is 32.2. The molecule has 1 aromatic carbocycles. The van der Waals surface area contributed by atoms with Crippen molar-refractivity contribution in [3.8, 4) is 12.1 Å². The normalized spacial score (nSPS) is 24.9. The summed E-state index contributed by atoms with van der Waals surface area (Å²) in [4.78, 5) is 0. The van der Waals surface area contributed by atoms with Gasteiger partial charge in [0.2, 0.25) is 0 Å². The zero-order valence-electron chi connectivity index (χ0n) is 9.46. The first kappa shape index (κ1) is 12.5. The summed E-state index contributed by atoms with van der Waals surface area (Å²) >= 11 is 0. The second kappa shape index (κ2) is 3.79. The fourth-order valence-electron chi connectivity index (χ4n) is 2.34. The lowest BCUT2D eigenvalue weighted by atomic mass is 10.0. The summed E-state index contributed by atoms with van der Waals surface area (Å²) in [5.41, 5.74) is -1.05. The fraction of sp³-hybridized carbons (Fsp3) is 0.333. The molecule has 0 aliphatic heterocycles. The molecule has 0 heterocycles. The molecule has 1 aliphatic carbocycles. The van der Waals surface area contributed by atoms with E-state index in [9.17, 15) is 12.8 Å². The molecular formula is C12H9FN2O2S. The van der Waals surface area contributed by atoms with Crippen molar-refractivity contribution in [3.05, 3.63) is 35.6 Å². The van der Waals surface area contributed by atoms with E-state index >= 15 is 0 Å². The van der Waals surface area contributed by atoms with Crippen molar-refractivity contribution in [3.63, 3.8) is 0 Å². The zero-order chi connectivity index (χ0) is 13.6. The number of hydrogen-bond donors (Lipinski definition) is 0. The van der Waals surface area contributed by atoms with Crippen molar-refractivity contribution < 1.29 is 12.8 Å². The van der Waals surface area contributed by atoms with Crippen LogP contribution in [0.1, 0.15) is 11.5 Å². The maximum absolute atomic E-state index is 12.8. The van der Waals surface area contributed by atoms with Gasteiger partial charge in [0.15, 0.2) is 15.3 Å². The van der Waals surface area contributed by atoms with E-state index < -0.39 is 32.2 Å². The molecule has 2 rings (SSSR count). The SMILES string of the molecule is CS(=O)(=O)[C@H]1[C@H](c2ccc(F)cc2)C1(C#N)C#N. The van der Waals surface area contributed by atoms with Gasteiger partial charge in [0.05, 0.1) is 12.1 Å². The summed E-state index contributed by atoms with van der Waals surface area (Å²) in [6.45, 7) is 0. The van der Waals surface area contributed by atoms with E-state index in [0.717, 1.165) is 6.26 Å². The lowest BCUT2D eigenvalue weighted by molar-refractivity contribution is 0.597. The van der Waals surface area contributed by atoms with Crippen LogP contribution in [0.3, 0.4) is 0 Å². The highest BCUT2D eigenvalue weighted by Gasteiger charge is 2.72. The van der Waals surface area contributed by atoms with Gasteiger partial charge in [-0.25, -0.2) is 12.8 Å². The summed E-state index contributed by atoms with van der Waals surface area (Å²) in [7, 11) is -3.51. The van der Waals surface area contributed by atoms with Gasteiger partial charge in [-0.3, -0.25) is 0 Å². The van der Waals surface area contributed by atoms with E-state index in [4.69, 9.17) is 10.5 Å². The standard InChI is InChI=1S/C12H9FN2O2S/c1-18(16,17)11-10(12(11,6-14)7-15)8-2-4-9(13)5-3-8/h2-5,10-11H,1H3/t10-,11-/m0/s1. The highest BCUT2D eigenvalue weighted by Crippen LogP contribution is 2.62. The van der Waals surface area contributed by atoms with E-state index in [1.807, 2.05) is 0 Å². The summed E-state index contributed by atoms with van der Waals surface area (Å²) in [6.07, 6.45) is 1.00. The molecule has 1 saturated carbocycles. The van der Waals surface area contributed by atoms with Crippen molar-refractivity contribution in [1.29, 1.82) is 10.5 Å². The minimum Gasteiger partial charge on any atom is -0.229 e. The molecule has 18 heavy (non-hydrogen) atoms. The van der Waals surface area contributed by atoms with Gasteiger partial charge in [0.25, 0.3) is 0 Å². The van der Waals surface area contributed by atoms with Crippen LogP contribution in [0, 0.1) is 33.9 Å². The zero-order valence-corrected chi connectivity index (χ0v) is 10.3. The quantitative estimate of drug-likeness (QED) is 0.807. The Kier molecular flexibility index (Phi) is 2.64. The Labute approximate surface area is 104 Å². The third-order valence-corrected chi connectivity index (χ3v) is 4.76. The molecule has 1 aliphatic rings. The van der Waals surface area contributed by atoms with Crippen LogP contribution in [0.25, 0.3) is 0 Å². The van der Waals surface area contributed by atoms with Gasteiger partial charge in [-0.05, 0) is 17.7 Å². The predicted molar refractivity (Wildman–Crippen MR) is 61.4 cm³/mol. The monoisotopic (exact) mass is 264 g/mol. The Morgan fingerprint density at radius 3 is 2.06 bits per heavy atom. The highest BCUT2D eigenvalue weighted by molar-refractivity contribution is 7.91. The van der Waals surface area contributed by atoms with Crippen LogP contribution in [-0.2, 0) is 9.84 Å². The minimum absolute atomic E-state index is 0.449. The van der Waals surface area contributed by atoms with Crippen LogP contribution >= 0.6 is 0 Å². The number of rotatable bonds is 2. The minimum atomic E-state index is -3.51. The van der Waals surface area contributed by atoms with Gasteiger partial charge >= 0.3 is 0 Å². The first-order valence-corrected chi connectivity index (χ1v) is 7.09. The Bertz CT molecular complexity index is 654. The molecular weight excluding hydrogens is 255 g/mol. The Morgan fingerprint density at radius 1 is 1.22 bits per heavy atom. The number of nitrogens with zero attached hydrogens (tertiary/aromatic N) is 2. The lowest BCUT2D eigenvalue weighted by Gasteiger charge is -1.98. The number of sulfone groups is 1. The average molecular weight is 264 g/mol. The van der Waals surface area contributed by atoms with E-state index in [1.165, 1.54) is 24.3 Å². The molecule has 1 fully saturated rings. The van der Waals surface area contributed by atoms with Gasteiger partial charge in [-0.15, -0.1) is 0 Å². The van der Waals surface area contributed by atoms with Crippen LogP contribution in [0.15, 0.2) is 24.3 Å². The van der Waals surface area contributed by atoms with Crippen molar-refractivity contribution in [2.45, 2.75) is 11.2 Å². The third-order valence-electron chi connectivity index (χ3n) is 3.19. The maximum atomic E-state index is 12.8. The Hall–Kier alpha value is -1.92. The smallest absolute Gasteiger partial charge is 0.169 e. The molecule has 0 spiro atoms. The van der Waals surface area contributed by atoms with Gasteiger partial charge in [-0.2, -0.15) is 10.5 Å². The molecule has 0 N–H and O–H groups in total. The van der Waals surface area contributed by atoms with Gasteiger partial charge < -0.3 is 0 Å². The van der Waals surface area contributed by atoms with Crippen molar-refractivity contribution >= 4 is 9.84 Å². The Balaban J connectivity index is 2.50. The number of hydrogen-bond acceptors (Lipinski definition) is 4. The van der Waals surface area contributed by atoms with Crippen LogP contribution in [0.5, 0.6) is 0 Å². The van der Waals surface area contributed by atoms with E-state index in [1.54, 1.807) is 12.1 Å².